The molecule has 2 rings (SSSR count). The number of hydrogen-bond donors (Lipinski definition) is 3. The van der Waals surface area contributed by atoms with Crippen molar-refractivity contribution in [1.82, 2.24) is 10.6 Å². The predicted molar refractivity (Wildman–Crippen MR) is 77.9 cm³/mol. The number of benzene rings is 1. The van der Waals surface area contributed by atoms with Crippen molar-refractivity contribution in [2.75, 3.05) is 13.2 Å². The van der Waals surface area contributed by atoms with E-state index in [4.69, 9.17) is 33.0 Å². The summed E-state index contributed by atoms with van der Waals surface area (Å²) in [6, 6.07) is 3.87. The number of nitrogens with one attached hydrogen (secondary N) is 2. The van der Waals surface area contributed by atoms with E-state index in [1.807, 2.05) is 0 Å². The molecule has 0 bridgehead atoms. The van der Waals surface area contributed by atoms with Crippen LogP contribution in [-0.2, 0) is 9.59 Å². The molecular weight excluding hydrogens is 319 g/mol. The number of carboxylic acid groups (broad SMARTS) is 1. The SMILES string of the molecule is O=C(COc1ccc(Cl)cc1Cl)N[C@@H]1CN[C@H](C(=O)O)C1. The molecule has 1 aliphatic heterocycles. The highest BCUT2D eigenvalue weighted by Gasteiger charge is 2.29. The van der Waals surface area contributed by atoms with E-state index in [1.54, 1.807) is 12.1 Å². The molecule has 0 unspecified atom stereocenters. The van der Waals surface area contributed by atoms with Crippen LogP contribution in [0.5, 0.6) is 5.75 Å². The van der Waals surface area contributed by atoms with Crippen molar-refractivity contribution in [1.29, 1.82) is 0 Å². The average molecular weight is 333 g/mol. The number of carbonyl (C=O) groups is 2. The van der Waals surface area contributed by atoms with Crippen LogP contribution in [0.15, 0.2) is 18.2 Å². The first-order valence-corrected chi connectivity index (χ1v) is 7.04. The van der Waals surface area contributed by atoms with Gasteiger partial charge >= 0.3 is 5.97 Å². The molecule has 1 aromatic rings. The predicted octanol–water partition coefficient (Wildman–Crippen LogP) is 1.30. The van der Waals surface area contributed by atoms with Gasteiger partial charge in [0.25, 0.3) is 5.91 Å². The third-order valence-electron chi connectivity index (χ3n) is 3.05. The Hall–Kier alpha value is -1.50. The Bertz CT molecular complexity index is 553. The van der Waals surface area contributed by atoms with Crippen LogP contribution >= 0.6 is 23.2 Å². The van der Waals surface area contributed by atoms with Crippen molar-refractivity contribution in [3.63, 3.8) is 0 Å². The molecule has 0 spiro atoms. The first-order chi connectivity index (χ1) is 9.95. The molecule has 1 fully saturated rings. The summed E-state index contributed by atoms with van der Waals surface area (Å²) in [6.45, 7) is 0.222. The molecule has 0 aliphatic carbocycles. The lowest BCUT2D eigenvalue weighted by Gasteiger charge is -2.12. The molecular formula is C13H14Cl2N2O4. The molecule has 1 amide bonds. The van der Waals surface area contributed by atoms with Crippen molar-refractivity contribution in [2.24, 2.45) is 0 Å². The van der Waals surface area contributed by atoms with E-state index in [2.05, 4.69) is 10.6 Å². The molecule has 6 nitrogen and oxygen atoms in total. The maximum absolute atomic E-state index is 11.7. The highest BCUT2D eigenvalue weighted by molar-refractivity contribution is 6.35. The van der Waals surface area contributed by atoms with Crippen LogP contribution in [0.3, 0.4) is 0 Å². The molecule has 1 heterocycles. The van der Waals surface area contributed by atoms with E-state index in [1.165, 1.54) is 6.07 Å². The summed E-state index contributed by atoms with van der Waals surface area (Å²) in [5.41, 5.74) is 0. The van der Waals surface area contributed by atoms with E-state index in [9.17, 15) is 9.59 Å². The van der Waals surface area contributed by atoms with Gasteiger partial charge < -0.3 is 20.5 Å². The van der Waals surface area contributed by atoms with Crippen LogP contribution in [0.2, 0.25) is 10.0 Å². The molecule has 1 aliphatic rings. The van der Waals surface area contributed by atoms with Crippen LogP contribution in [0.1, 0.15) is 6.42 Å². The number of carboxylic acids is 1. The highest BCUT2D eigenvalue weighted by atomic mass is 35.5. The standard InChI is InChI=1S/C13H14Cl2N2O4/c14-7-1-2-11(9(15)3-7)21-6-12(18)17-8-4-10(13(19)20)16-5-8/h1-3,8,10,16H,4-6H2,(H,17,18)(H,19,20)/t8-,10-/m0/s1. The summed E-state index contributed by atoms with van der Waals surface area (Å²) >= 11 is 11.7. The Balaban J connectivity index is 1.79. The number of rotatable bonds is 5. The fourth-order valence-corrected chi connectivity index (χ4v) is 2.50. The number of hydrogen-bond acceptors (Lipinski definition) is 4. The first kappa shape index (κ1) is 15.9. The number of amides is 1. The van der Waals surface area contributed by atoms with Gasteiger partial charge in [-0.25, -0.2) is 0 Å². The van der Waals surface area contributed by atoms with E-state index in [0.29, 0.717) is 28.8 Å². The molecule has 1 saturated heterocycles. The minimum atomic E-state index is -0.920. The highest BCUT2D eigenvalue weighted by Crippen LogP contribution is 2.27. The van der Waals surface area contributed by atoms with Crippen molar-refractivity contribution < 1.29 is 19.4 Å². The van der Waals surface area contributed by atoms with Crippen molar-refractivity contribution >= 4 is 35.1 Å². The fraction of sp³-hybridized carbons (Fsp3) is 0.385. The average Bonchev–Trinajstić information content (AvgIpc) is 2.86. The van der Waals surface area contributed by atoms with Crippen LogP contribution in [0.4, 0.5) is 0 Å². The largest absolute Gasteiger partial charge is 0.482 e. The summed E-state index contributed by atoms with van der Waals surface area (Å²) in [6.07, 6.45) is 0.350. The zero-order valence-corrected chi connectivity index (χ0v) is 12.4. The number of carbonyl (C=O) groups excluding carboxylic acids is 1. The second-order valence-electron chi connectivity index (χ2n) is 4.66. The Kier molecular flexibility index (Phi) is 5.27. The molecule has 0 radical (unpaired) electrons. The van der Waals surface area contributed by atoms with Gasteiger partial charge in [0.2, 0.25) is 0 Å². The van der Waals surface area contributed by atoms with Gasteiger partial charge in [0.15, 0.2) is 6.61 Å². The number of ether oxygens (including phenoxy) is 1. The summed E-state index contributed by atoms with van der Waals surface area (Å²) in [4.78, 5) is 22.5. The third kappa shape index (κ3) is 4.49. The van der Waals surface area contributed by atoms with Crippen LogP contribution in [0, 0.1) is 0 Å². The minimum absolute atomic E-state index is 0.199. The van der Waals surface area contributed by atoms with Gasteiger partial charge in [-0.05, 0) is 24.6 Å². The van der Waals surface area contributed by atoms with Crippen LogP contribution in [0.25, 0.3) is 0 Å². The molecule has 0 saturated carbocycles. The lowest BCUT2D eigenvalue weighted by molar-refractivity contribution is -0.139. The Labute approximate surface area is 131 Å². The van der Waals surface area contributed by atoms with Gasteiger partial charge in [-0.3, -0.25) is 9.59 Å². The maximum atomic E-state index is 11.7. The smallest absolute Gasteiger partial charge is 0.320 e. The topological polar surface area (TPSA) is 87.7 Å². The van der Waals surface area contributed by atoms with Gasteiger partial charge in [-0.1, -0.05) is 23.2 Å². The fourth-order valence-electron chi connectivity index (χ4n) is 2.04. The second kappa shape index (κ2) is 6.98. The second-order valence-corrected chi connectivity index (χ2v) is 5.51. The molecule has 8 heteroatoms. The van der Waals surface area contributed by atoms with Gasteiger partial charge in [0.1, 0.15) is 11.8 Å². The third-order valence-corrected chi connectivity index (χ3v) is 3.58. The van der Waals surface area contributed by atoms with Gasteiger partial charge in [-0.2, -0.15) is 0 Å². The quantitative estimate of drug-likeness (QED) is 0.756. The zero-order valence-electron chi connectivity index (χ0n) is 10.9. The van der Waals surface area contributed by atoms with E-state index >= 15 is 0 Å². The zero-order chi connectivity index (χ0) is 15.4. The first-order valence-electron chi connectivity index (χ1n) is 6.29. The normalized spacial score (nSPS) is 21.0. The Morgan fingerprint density at radius 3 is 2.81 bits per heavy atom. The maximum Gasteiger partial charge on any atom is 0.320 e. The van der Waals surface area contributed by atoms with E-state index in [-0.39, 0.29) is 18.6 Å². The lowest BCUT2D eigenvalue weighted by Crippen LogP contribution is -2.39. The summed E-state index contributed by atoms with van der Waals surface area (Å²) < 4.78 is 5.30. The van der Waals surface area contributed by atoms with Crippen LogP contribution < -0.4 is 15.4 Å². The number of aliphatic carboxylic acids is 1. The van der Waals surface area contributed by atoms with Crippen molar-refractivity contribution in [3.05, 3.63) is 28.2 Å². The Morgan fingerprint density at radius 1 is 1.43 bits per heavy atom. The molecule has 114 valence electrons. The van der Waals surface area contributed by atoms with E-state index < -0.39 is 12.0 Å². The van der Waals surface area contributed by atoms with Gasteiger partial charge in [0.05, 0.1) is 5.02 Å². The number of halogens is 2. The van der Waals surface area contributed by atoms with Gasteiger partial charge in [-0.15, -0.1) is 0 Å². The van der Waals surface area contributed by atoms with E-state index in [0.717, 1.165) is 0 Å². The summed E-state index contributed by atoms with van der Waals surface area (Å²) in [5, 5.41) is 15.2. The van der Waals surface area contributed by atoms with Gasteiger partial charge in [0, 0.05) is 17.6 Å². The monoisotopic (exact) mass is 332 g/mol. The summed E-state index contributed by atoms with van der Waals surface area (Å²) in [5.74, 6) is -0.890. The summed E-state index contributed by atoms with van der Waals surface area (Å²) in [7, 11) is 0. The lowest BCUT2D eigenvalue weighted by atomic mass is 10.2. The minimum Gasteiger partial charge on any atom is -0.482 e. The van der Waals surface area contributed by atoms with Crippen LogP contribution in [-0.4, -0.2) is 42.2 Å². The Morgan fingerprint density at radius 2 is 2.19 bits per heavy atom. The van der Waals surface area contributed by atoms with Crippen molar-refractivity contribution in [3.8, 4) is 5.75 Å². The molecule has 21 heavy (non-hydrogen) atoms. The molecule has 2 atom stereocenters. The molecule has 1 aromatic carbocycles. The molecule has 3 N–H and O–H groups in total. The van der Waals surface area contributed by atoms with Crippen molar-refractivity contribution in [2.45, 2.75) is 18.5 Å². The molecule has 0 aromatic heterocycles.